The topological polar surface area (TPSA) is 77.9 Å². The lowest BCUT2D eigenvalue weighted by atomic mass is 9.85. The molecule has 0 saturated carbocycles. The molecule has 1 atom stereocenters. The number of Topliss-reactive ketones (excluding diaryl/α,β-unsaturated/α-hetero) is 2. The number of nitrogens with one attached hydrogen (secondary N) is 1. The zero-order valence-corrected chi connectivity index (χ0v) is 23.6. The normalized spacial score (nSPS) is 20.5. The highest BCUT2D eigenvalue weighted by Crippen LogP contribution is 2.26. The molecule has 4 heterocycles. The van der Waals surface area contributed by atoms with Crippen molar-refractivity contribution < 1.29 is 9.59 Å². The number of piperidine rings is 1. The number of pyridine rings is 1. The Morgan fingerprint density at radius 3 is 2.49 bits per heavy atom. The molecule has 1 N–H and O–H groups in total. The maximum absolute atomic E-state index is 13.1. The van der Waals surface area contributed by atoms with Crippen molar-refractivity contribution >= 4 is 23.2 Å². The first-order valence-corrected chi connectivity index (χ1v) is 14.4. The van der Waals surface area contributed by atoms with Crippen molar-refractivity contribution in [2.45, 2.75) is 64.8 Å². The number of benzene rings is 1. The van der Waals surface area contributed by atoms with Gasteiger partial charge >= 0.3 is 0 Å². The molecule has 7 heteroatoms. The Morgan fingerprint density at radius 2 is 1.79 bits per heavy atom. The number of carbonyl (C=O) groups excluding carboxylic acids is 2. The Hall–Kier alpha value is -3.32. The van der Waals surface area contributed by atoms with Crippen LogP contribution >= 0.6 is 0 Å². The summed E-state index contributed by atoms with van der Waals surface area (Å²) < 4.78 is 0. The number of anilines is 1. The molecule has 0 unspecified atom stereocenters. The number of nitrogens with zero attached hydrogens (tertiary/aromatic N) is 4. The van der Waals surface area contributed by atoms with Crippen LogP contribution in [0.15, 0.2) is 59.4 Å². The van der Waals surface area contributed by atoms with E-state index in [4.69, 9.17) is 0 Å². The van der Waals surface area contributed by atoms with E-state index in [1.807, 2.05) is 30.5 Å². The highest BCUT2D eigenvalue weighted by Gasteiger charge is 2.27. The molecular weight excluding hydrogens is 486 g/mol. The number of aromatic nitrogens is 1. The quantitative estimate of drug-likeness (QED) is 0.497. The van der Waals surface area contributed by atoms with Crippen LogP contribution in [0.5, 0.6) is 0 Å². The van der Waals surface area contributed by atoms with E-state index in [0.29, 0.717) is 17.9 Å². The predicted molar refractivity (Wildman–Crippen MR) is 156 cm³/mol. The van der Waals surface area contributed by atoms with E-state index >= 15 is 0 Å². The summed E-state index contributed by atoms with van der Waals surface area (Å²) in [6.07, 6.45) is 8.84. The average molecular weight is 528 g/mol. The van der Waals surface area contributed by atoms with Crippen LogP contribution in [0.25, 0.3) is 0 Å². The van der Waals surface area contributed by atoms with Gasteiger partial charge in [-0.05, 0) is 67.3 Å². The van der Waals surface area contributed by atoms with Crippen LogP contribution < -0.4 is 5.32 Å². The molecular formula is C32H41N5O2. The van der Waals surface area contributed by atoms with Crippen LogP contribution in [0, 0.1) is 5.92 Å². The van der Waals surface area contributed by atoms with E-state index in [1.54, 1.807) is 0 Å². The summed E-state index contributed by atoms with van der Waals surface area (Å²) >= 11 is 0. The smallest absolute Gasteiger partial charge is 0.200 e. The van der Waals surface area contributed by atoms with Crippen molar-refractivity contribution in [3.63, 3.8) is 0 Å². The van der Waals surface area contributed by atoms with Gasteiger partial charge < -0.3 is 10.2 Å². The fraction of sp³-hybridized carbons (Fsp3) is 0.500. The zero-order chi connectivity index (χ0) is 27.4. The molecule has 5 rings (SSSR count). The van der Waals surface area contributed by atoms with E-state index in [0.717, 1.165) is 57.0 Å². The molecule has 2 fully saturated rings. The highest BCUT2D eigenvalue weighted by atomic mass is 16.1. The number of aliphatic imine (C=N–C) groups is 1. The second-order valence-corrected chi connectivity index (χ2v) is 12.2. The third kappa shape index (κ3) is 7.01. The first-order chi connectivity index (χ1) is 18.7. The summed E-state index contributed by atoms with van der Waals surface area (Å²) in [5.74, 6) is 1.91. The number of dihydropyridines is 1. The second-order valence-electron chi connectivity index (χ2n) is 12.2. The number of rotatable bonds is 7. The third-order valence-corrected chi connectivity index (χ3v) is 8.04. The molecule has 0 bridgehead atoms. The van der Waals surface area contributed by atoms with Crippen LogP contribution in [-0.2, 0) is 16.8 Å². The molecule has 1 aromatic heterocycles. The van der Waals surface area contributed by atoms with E-state index in [1.165, 1.54) is 24.0 Å². The first kappa shape index (κ1) is 27.3. The Kier molecular flexibility index (Phi) is 8.26. The van der Waals surface area contributed by atoms with E-state index < -0.39 is 0 Å². The summed E-state index contributed by atoms with van der Waals surface area (Å²) in [6.45, 7) is 11.5. The summed E-state index contributed by atoms with van der Waals surface area (Å²) in [5, 5.41) is 3.23. The zero-order valence-electron chi connectivity index (χ0n) is 23.6. The number of hydrogen-bond donors (Lipinski definition) is 1. The van der Waals surface area contributed by atoms with Gasteiger partial charge in [0.25, 0.3) is 0 Å². The van der Waals surface area contributed by atoms with Gasteiger partial charge in [0, 0.05) is 43.9 Å². The molecule has 3 aliphatic heterocycles. The van der Waals surface area contributed by atoms with E-state index in [2.05, 4.69) is 64.1 Å². The van der Waals surface area contributed by atoms with Crippen LogP contribution in [-0.4, -0.2) is 64.9 Å². The fourth-order valence-electron chi connectivity index (χ4n) is 5.70. The number of amidine groups is 1. The van der Waals surface area contributed by atoms with Gasteiger partial charge in [-0.25, -0.2) is 4.98 Å². The van der Waals surface area contributed by atoms with Crippen molar-refractivity contribution in [3.05, 3.63) is 71.1 Å². The SMILES string of the molecule is CC(C)(C)c1ccc(C(=O)C[C@@H]2CCCN(C3=NCC(=O)C(Nc4ccc(CN5CCCC5)cn4)=C3)C2)cc1. The number of carbonyl (C=O) groups is 2. The van der Waals surface area contributed by atoms with Crippen LogP contribution in [0.3, 0.4) is 0 Å². The minimum atomic E-state index is -0.0378. The summed E-state index contributed by atoms with van der Waals surface area (Å²) in [4.78, 5) is 39.5. The Bertz CT molecular complexity index is 1230. The number of hydrogen-bond acceptors (Lipinski definition) is 7. The minimum absolute atomic E-state index is 0.0378. The molecule has 206 valence electrons. The van der Waals surface area contributed by atoms with Crippen LogP contribution in [0.1, 0.15) is 74.4 Å². The molecule has 0 amide bonds. The lowest BCUT2D eigenvalue weighted by Crippen LogP contribution is -2.41. The van der Waals surface area contributed by atoms with Crippen molar-refractivity contribution in [3.8, 4) is 0 Å². The predicted octanol–water partition coefficient (Wildman–Crippen LogP) is 5.24. The van der Waals surface area contributed by atoms with E-state index in [-0.39, 0.29) is 29.4 Å². The van der Waals surface area contributed by atoms with Crippen molar-refractivity contribution in [2.24, 2.45) is 10.9 Å². The standard InChI is InChI=1S/C32H41N5O2/c1-32(2,3)26-11-9-25(10-12-26)28(38)17-23-7-6-16-37(22-23)31-18-27(29(39)20-34-31)35-30-13-8-24(19-33-30)21-36-14-4-5-15-36/h8-13,18-19,23H,4-7,14-17,20-22H2,1-3H3,(H,33,35)/t23-/m0/s1. The lowest BCUT2D eigenvalue weighted by Gasteiger charge is -2.35. The van der Waals surface area contributed by atoms with Crippen molar-refractivity contribution in [2.75, 3.05) is 38.0 Å². The van der Waals surface area contributed by atoms with Crippen LogP contribution in [0.2, 0.25) is 0 Å². The maximum atomic E-state index is 13.1. The Balaban J connectivity index is 1.18. The summed E-state index contributed by atoms with van der Waals surface area (Å²) in [6, 6.07) is 12.1. The number of ketones is 2. The molecule has 0 spiro atoms. The van der Waals surface area contributed by atoms with Gasteiger partial charge in [0.15, 0.2) is 5.78 Å². The van der Waals surface area contributed by atoms with E-state index in [9.17, 15) is 9.59 Å². The fourth-order valence-corrected chi connectivity index (χ4v) is 5.70. The third-order valence-electron chi connectivity index (χ3n) is 8.04. The van der Waals surface area contributed by atoms with Gasteiger partial charge in [-0.1, -0.05) is 51.1 Å². The van der Waals surface area contributed by atoms with Gasteiger partial charge in [-0.15, -0.1) is 0 Å². The minimum Gasteiger partial charge on any atom is -0.357 e. The van der Waals surface area contributed by atoms with Gasteiger partial charge in [0.05, 0.1) is 5.70 Å². The van der Waals surface area contributed by atoms with Gasteiger partial charge in [0.1, 0.15) is 18.2 Å². The molecule has 3 aliphatic rings. The molecule has 2 saturated heterocycles. The molecule has 39 heavy (non-hydrogen) atoms. The van der Waals surface area contributed by atoms with Crippen molar-refractivity contribution in [1.29, 1.82) is 0 Å². The average Bonchev–Trinajstić information content (AvgIpc) is 3.44. The summed E-state index contributed by atoms with van der Waals surface area (Å²) in [7, 11) is 0. The first-order valence-electron chi connectivity index (χ1n) is 14.4. The molecule has 0 aliphatic carbocycles. The van der Waals surface area contributed by atoms with Crippen LogP contribution in [0.4, 0.5) is 5.82 Å². The maximum Gasteiger partial charge on any atom is 0.200 e. The summed E-state index contributed by atoms with van der Waals surface area (Å²) in [5.41, 5.74) is 3.80. The Morgan fingerprint density at radius 1 is 1.03 bits per heavy atom. The molecule has 1 aromatic carbocycles. The van der Waals surface area contributed by atoms with Gasteiger partial charge in [0.2, 0.25) is 5.78 Å². The Labute approximate surface area is 232 Å². The highest BCUT2D eigenvalue weighted by molar-refractivity contribution is 6.10. The van der Waals surface area contributed by atoms with Gasteiger partial charge in [-0.2, -0.15) is 0 Å². The molecule has 2 aromatic rings. The van der Waals surface area contributed by atoms with Crippen molar-refractivity contribution in [1.82, 2.24) is 14.8 Å². The monoisotopic (exact) mass is 527 g/mol. The lowest BCUT2D eigenvalue weighted by molar-refractivity contribution is -0.114. The largest absolute Gasteiger partial charge is 0.357 e. The second kappa shape index (κ2) is 11.8. The molecule has 0 radical (unpaired) electrons. The number of likely N-dealkylation sites (tertiary alicyclic amines) is 2. The van der Waals surface area contributed by atoms with Gasteiger partial charge in [-0.3, -0.25) is 19.5 Å². The molecule has 7 nitrogen and oxygen atoms in total.